The molecule has 6 nitrogen and oxygen atoms in total. The number of halogens is 3. The lowest BCUT2D eigenvalue weighted by molar-refractivity contribution is -0.138. The average Bonchev–Trinajstić information content (AvgIpc) is 2.90. The molecule has 27 heavy (non-hydrogen) atoms. The van der Waals surface area contributed by atoms with Crippen molar-refractivity contribution in [2.24, 2.45) is 0 Å². The molecule has 140 valence electrons. The number of hydrogen-bond donors (Lipinski definition) is 0. The van der Waals surface area contributed by atoms with Gasteiger partial charge in [0.05, 0.1) is 28.8 Å². The maximum absolute atomic E-state index is 13.3. The summed E-state index contributed by atoms with van der Waals surface area (Å²) < 4.78 is 69.1. The Balaban J connectivity index is 2.16. The summed E-state index contributed by atoms with van der Waals surface area (Å²) in [6.45, 7) is 0. The lowest BCUT2D eigenvalue weighted by atomic mass is 10.0. The molecule has 1 aliphatic heterocycles. The minimum atomic E-state index is -4.87. The number of methoxy groups -OCH3 is 1. The van der Waals surface area contributed by atoms with Gasteiger partial charge in [-0.1, -0.05) is 12.1 Å². The molecule has 0 aliphatic carbocycles. The van der Waals surface area contributed by atoms with Gasteiger partial charge in [0.25, 0.3) is 5.91 Å². The van der Waals surface area contributed by atoms with E-state index in [1.54, 1.807) is 6.07 Å². The number of ether oxygens (including phenoxy) is 1. The summed E-state index contributed by atoms with van der Waals surface area (Å²) in [7, 11) is -2.80. The van der Waals surface area contributed by atoms with Crippen molar-refractivity contribution >= 4 is 21.4 Å². The van der Waals surface area contributed by atoms with E-state index in [4.69, 9.17) is 5.26 Å². The number of sulfone groups is 1. The molecule has 0 fully saturated rings. The number of carbonyl (C=O) groups excluding carboxylic acids is 1. The fraction of sp³-hybridized carbons (Fsp3) is 0.176. The highest BCUT2D eigenvalue weighted by Gasteiger charge is 2.39. The van der Waals surface area contributed by atoms with Crippen molar-refractivity contribution in [3.05, 3.63) is 53.1 Å². The number of alkyl halides is 3. The van der Waals surface area contributed by atoms with Crippen molar-refractivity contribution in [2.75, 3.05) is 17.9 Å². The maximum Gasteiger partial charge on any atom is 0.420 e. The van der Waals surface area contributed by atoms with E-state index in [1.807, 2.05) is 0 Å². The van der Waals surface area contributed by atoms with Crippen molar-refractivity contribution in [3.63, 3.8) is 0 Å². The van der Waals surface area contributed by atoms with E-state index in [0.717, 1.165) is 18.1 Å². The number of hydrogen-bond acceptors (Lipinski definition) is 5. The second-order valence-electron chi connectivity index (χ2n) is 5.66. The Morgan fingerprint density at radius 2 is 1.93 bits per heavy atom. The van der Waals surface area contributed by atoms with Gasteiger partial charge in [-0.3, -0.25) is 9.69 Å². The van der Waals surface area contributed by atoms with Gasteiger partial charge in [-0.15, -0.1) is 0 Å². The number of nitrogens with zero attached hydrogens (tertiary/aromatic N) is 2. The zero-order chi connectivity index (χ0) is 20.0. The lowest BCUT2D eigenvalue weighted by Gasteiger charge is -2.19. The van der Waals surface area contributed by atoms with Gasteiger partial charge >= 0.3 is 6.18 Å². The molecule has 2 aromatic carbocycles. The van der Waals surface area contributed by atoms with Gasteiger partial charge in [-0.05, 0) is 24.3 Å². The van der Waals surface area contributed by atoms with Crippen molar-refractivity contribution < 1.29 is 31.1 Å². The topological polar surface area (TPSA) is 87.5 Å². The second-order valence-corrected chi connectivity index (χ2v) is 7.59. The van der Waals surface area contributed by atoms with E-state index in [1.165, 1.54) is 24.3 Å². The number of benzene rings is 2. The summed E-state index contributed by atoms with van der Waals surface area (Å²) in [6.07, 6.45) is -4.87. The molecular formula is C17H11F3N2O4S. The molecule has 0 unspecified atom stereocenters. The summed E-state index contributed by atoms with van der Waals surface area (Å²) in [4.78, 5) is 13.6. The smallest absolute Gasteiger partial charge is 0.420 e. The molecule has 10 heteroatoms. The standard InChI is InChI=1S/C17H11F3N2O4S/c1-26-15-11(8-21)6-10(7-12(15)17(18,19)20)16(23)22-9-27(24,25)14-5-3-2-4-13(14)22/h2-7H,9H2,1H3. The Kier molecular flexibility index (Phi) is 4.35. The molecule has 2 aromatic rings. The van der Waals surface area contributed by atoms with Crippen LogP contribution in [-0.4, -0.2) is 27.3 Å². The van der Waals surface area contributed by atoms with Crippen LogP contribution in [0.2, 0.25) is 0 Å². The number of nitriles is 1. The molecule has 0 atom stereocenters. The Hall–Kier alpha value is -3.06. The summed E-state index contributed by atoms with van der Waals surface area (Å²) >= 11 is 0. The van der Waals surface area contributed by atoms with E-state index in [-0.39, 0.29) is 10.6 Å². The van der Waals surface area contributed by atoms with Crippen LogP contribution in [0.15, 0.2) is 41.3 Å². The Labute approximate surface area is 152 Å². The minimum absolute atomic E-state index is 0.0744. The molecule has 0 bridgehead atoms. The maximum atomic E-state index is 13.3. The molecule has 0 saturated carbocycles. The third kappa shape index (κ3) is 3.10. The van der Waals surface area contributed by atoms with Crippen LogP contribution in [0.5, 0.6) is 5.75 Å². The molecule has 0 aromatic heterocycles. The Morgan fingerprint density at radius 1 is 1.26 bits per heavy atom. The highest BCUT2D eigenvalue weighted by molar-refractivity contribution is 7.92. The predicted octanol–water partition coefficient (Wildman–Crippen LogP) is 2.98. The van der Waals surface area contributed by atoms with Gasteiger partial charge in [-0.25, -0.2) is 8.42 Å². The molecule has 0 N–H and O–H groups in total. The van der Waals surface area contributed by atoms with Crippen LogP contribution in [0.25, 0.3) is 0 Å². The van der Waals surface area contributed by atoms with Crippen molar-refractivity contribution in [3.8, 4) is 11.8 Å². The molecule has 0 radical (unpaired) electrons. The zero-order valence-electron chi connectivity index (χ0n) is 13.7. The van der Waals surface area contributed by atoms with Crippen LogP contribution in [0.3, 0.4) is 0 Å². The van der Waals surface area contributed by atoms with E-state index in [9.17, 15) is 26.4 Å². The molecule has 3 rings (SSSR count). The third-order valence-electron chi connectivity index (χ3n) is 4.00. The molecule has 1 amide bonds. The van der Waals surface area contributed by atoms with Crippen LogP contribution < -0.4 is 9.64 Å². The first-order valence-electron chi connectivity index (χ1n) is 7.43. The lowest BCUT2D eigenvalue weighted by Crippen LogP contribution is -2.30. The monoisotopic (exact) mass is 396 g/mol. The summed E-state index contributed by atoms with van der Waals surface area (Å²) in [6, 6.07) is 8.75. The SMILES string of the molecule is COc1c(C#N)cc(C(=O)N2CS(=O)(=O)c3ccccc32)cc1C(F)(F)F. The van der Waals surface area contributed by atoms with Crippen LogP contribution in [-0.2, 0) is 16.0 Å². The normalized spacial score (nSPS) is 15.1. The van der Waals surface area contributed by atoms with Gasteiger partial charge < -0.3 is 4.74 Å². The summed E-state index contributed by atoms with van der Waals surface area (Å²) in [5.41, 5.74) is -2.16. The quantitative estimate of drug-likeness (QED) is 0.779. The summed E-state index contributed by atoms with van der Waals surface area (Å²) in [5.74, 6) is -2.36. The van der Waals surface area contributed by atoms with E-state index < -0.39 is 50.2 Å². The van der Waals surface area contributed by atoms with E-state index in [2.05, 4.69) is 4.74 Å². The highest BCUT2D eigenvalue weighted by atomic mass is 32.2. The van der Waals surface area contributed by atoms with Gasteiger partial charge in [0.15, 0.2) is 9.84 Å². The fourth-order valence-corrected chi connectivity index (χ4v) is 4.36. The Bertz CT molecular complexity index is 1090. The first-order chi connectivity index (χ1) is 12.6. The first-order valence-corrected chi connectivity index (χ1v) is 9.08. The molecule has 0 spiro atoms. The van der Waals surface area contributed by atoms with Crippen molar-refractivity contribution in [2.45, 2.75) is 11.1 Å². The second kappa shape index (κ2) is 6.28. The number of fused-ring (bicyclic) bond motifs is 1. The van der Waals surface area contributed by atoms with Gasteiger partial charge in [0.1, 0.15) is 17.7 Å². The average molecular weight is 396 g/mol. The number of rotatable bonds is 2. The largest absolute Gasteiger partial charge is 0.495 e. The molecule has 1 aliphatic rings. The minimum Gasteiger partial charge on any atom is -0.495 e. The predicted molar refractivity (Wildman–Crippen MR) is 88.0 cm³/mol. The summed E-state index contributed by atoms with van der Waals surface area (Å²) in [5, 5.41) is 9.13. The van der Waals surface area contributed by atoms with E-state index in [0.29, 0.717) is 6.07 Å². The van der Waals surface area contributed by atoms with Crippen molar-refractivity contribution in [1.29, 1.82) is 5.26 Å². The van der Waals surface area contributed by atoms with Crippen LogP contribution in [0, 0.1) is 11.3 Å². The molecule has 1 heterocycles. The first kappa shape index (κ1) is 18.7. The zero-order valence-corrected chi connectivity index (χ0v) is 14.6. The number of anilines is 1. The van der Waals surface area contributed by atoms with Crippen LogP contribution >= 0.6 is 0 Å². The highest BCUT2D eigenvalue weighted by Crippen LogP contribution is 2.40. The van der Waals surface area contributed by atoms with E-state index >= 15 is 0 Å². The number of carbonyl (C=O) groups is 1. The molecular weight excluding hydrogens is 385 g/mol. The van der Waals surface area contributed by atoms with Gasteiger partial charge in [0, 0.05) is 5.56 Å². The van der Waals surface area contributed by atoms with Gasteiger partial charge in [0.2, 0.25) is 0 Å². The van der Waals surface area contributed by atoms with Crippen molar-refractivity contribution in [1.82, 2.24) is 0 Å². The number of para-hydroxylation sites is 1. The molecule has 0 saturated heterocycles. The third-order valence-corrected chi connectivity index (χ3v) is 5.61. The van der Waals surface area contributed by atoms with Crippen LogP contribution in [0.1, 0.15) is 21.5 Å². The Morgan fingerprint density at radius 3 is 2.52 bits per heavy atom. The van der Waals surface area contributed by atoms with Crippen LogP contribution in [0.4, 0.5) is 18.9 Å². The fourth-order valence-electron chi connectivity index (χ4n) is 2.84. The van der Waals surface area contributed by atoms with Gasteiger partial charge in [-0.2, -0.15) is 18.4 Å². The number of amides is 1.